The maximum atomic E-state index is 9.82. The van der Waals surface area contributed by atoms with Crippen LogP contribution in [0, 0.1) is 11.8 Å². The zero-order chi connectivity index (χ0) is 11.7. The van der Waals surface area contributed by atoms with Crippen LogP contribution in [0.1, 0.15) is 40.5 Å². The van der Waals surface area contributed by atoms with E-state index in [1.165, 1.54) is 0 Å². The number of rotatable bonds is 4. The van der Waals surface area contributed by atoms with Crippen LogP contribution in [0.15, 0.2) is 0 Å². The minimum atomic E-state index is -0.956. The molecule has 0 saturated carbocycles. The molecule has 0 amide bonds. The Labute approximate surface area is 107 Å². The van der Waals surface area contributed by atoms with Crippen molar-refractivity contribution in [3.05, 3.63) is 0 Å². The zero-order valence-corrected chi connectivity index (χ0v) is 11.3. The van der Waals surface area contributed by atoms with Crippen LogP contribution in [0.2, 0.25) is 0 Å². The first-order chi connectivity index (χ1) is 6.36. The molecule has 0 aromatic rings. The number of hydrogen-bond acceptors (Lipinski definition) is 4. The molecule has 0 aliphatic heterocycles. The van der Waals surface area contributed by atoms with Gasteiger partial charge in [0.05, 0.1) is 0 Å². The molecule has 5 heteroatoms. The van der Waals surface area contributed by atoms with Crippen molar-refractivity contribution in [3.63, 3.8) is 0 Å². The van der Waals surface area contributed by atoms with Crippen molar-refractivity contribution in [1.82, 2.24) is 0 Å². The summed E-state index contributed by atoms with van der Waals surface area (Å²) in [5.74, 6) is -2.50. The summed E-state index contributed by atoms with van der Waals surface area (Å²) in [5, 5.41) is 19.6. The van der Waals surface area contributed by atoms with Crippen molar-refractivity contribution in [2.75, 3.05) is 0 Å². The molecular weight excluding hydrogens is 208 g/mol. The Balaban J connectivity index is -0.000000180. The van der Waals surface area contributed by atoms with E-state index < -0.39 is 11.9 Å². The van der Waals surface area contributed by atoms with E-state index in [0.29, 0.717) is 12.8 Å². The van der Waals surface area contributed by atoms with E-state index in [4.69, 9.17) is 0 Å². The fraction of sp³-hybridized carbons (Fsp3) is 0.800. The molecule has 0 radical (unpaired) electrons. The topological polar surface area (TPSA) is 80.3 Å². The summed E-state index contributed by atoms with van der Waals surface area (Å²) >= 11 is 0. The molecule has 0 saturated heterocycles. The fourth-order valence-electron chi connectivity index (χ4n) is 0.333. The SMILES string of the molecule is CCC(C)C(=O)[O-].CCC(C)C(=O)[O-].[Mg+2]. The summed E-state index contributed by atoms with van der Waals surface area (Å²) in [6.07, 6.45) is 1.31. The summed E-state index contributed by atoms with van der Waals surface area (Å²) in [6.45, 7) is 6.91. The quantitative estimate of drug-likeness (QED) is 0.587. The summed E-state index contributed by atoms with van der Waals surface area (Å²) in [5.41, 5.74) is 0. The minimum Gasteiger partial charge on any atom is -0.550 e. The molecule has 0 fully saturated rings. The third-order valence-corrected chi connectivity index (χ3v) is 2.03. The van der Waals surface area contributed by atoms with Gasteiger partial charge in [-0.25, -0.2) is 0 Å². The second kappa shape index (κ2) is 11.8. The van der Waals surface area contributed by atoms with Crippen molar-refractivity contribution >= 4 is 35.0 Å². The molecule has 0 bridgehead atoms. The number of hydrogen-bond donors (Lipinski definition) is 0. The van der Waals surface area contributed by atoms with Crippen LogP contribution in [-0.4, -0.2) is 35.0 Å². The van der Waals surface area contributed by atoms with E-state index >= 15 is 0 Å². The second-order valence-corrected chi connectivity index (χ2v) is 3.26. The number of aliphatic carboxylic acids is 2. The third-order valence-electron chi connectivity index (χ3n) is 2.03. The van der Waals surface area contributed by atoms with Crippen molar-refractivity contribution < 1.29 is 19.8 Å². The van der Waals surface area contributed by atoms with Crippen LogP contribution in [0.5, 0.6) is 0 Å². The number of carboxylic acid groups (broad SMARTS) is 2. The van der Waals surface area contributed by atoms with Crippen LogP contribution in [0.4, 0.5) is 0 Å². The molecular formula is C10H18MgO4. The molecule has 15 heavy (non-hydrogen) atoms. The van der Waals surface area contributed by atoms with Crippen molar-refractivity contribution in [2.24, 2.45) is 11.8 Å². The van der Waals surface area contributed by atoms with Crippen LogP contribution in [-0.2, 0) is 9.59 Å². The fourth-order valence-corrected chi connectivity index (χ4v) is 0.333. The first-order valence-corrected chi connectivity index (χ1v) is 4.78. The maximum absolute atomic E-state index is 9.82. The summed E-state index contributed by atoms with van der Waals surface area (Å²) in [6, 6.07) is 0. The van der Waals surface area contributed by atoms with Gasteiger partial charge in [-0.3, -0.25) is 0 Å². The maximum Gasteiger partial charge on any atom is 2.00 e. The van der Waals surface area contributed by atoms with E-state index in [1.54, 1.807) is 13.8 Å². The first-order valence-electron chi connectivity index (χ1n) is 4.78. The summed E-state index contributed by atoms with van der Waals surface area (Å²) in [4.78, 5) is 19.6. The predicted octanol–water partition coefficient (Wildman–Crippen LogP) is -0.816. The van der Waals surface area contributed by atoms with Crippen LogP contribution in [0.3, 0.4) is 0 Å². The molecule has 0 aromatic carbocycles. The minimum absolute atomic E-state index is 0. The Bertz CT molecular complexity index is 162. The average molecular weight is 227 g/mol. The van der Waals surface area contributed by atoms with Crippen LogP contribution < -0.4 is 10.2 Å². The number of carbonyl (C=O) groups excluding carboxylic acids is 2. The molecule has 0 aliphatic rings. The van der Waals surface area contributed by atoms with Gasteiger partial charge >= 0.3 is 23.1 Å². The molecule has 0 spiro atoms. The summed E-state index contributed by atoms with van der Waals surface area (Å²) < 4.78 is 0. The smallest absolute Gasteiger partial charge is 0.550 e. The van der Waals surface area contributed by atoms with Gasteiger partial charge in [0, 0.05) is 11.9 Å². The molecule has 2 atom stereocenters. The van der Waals surface area contributed by atoms with Crippen LogP contribution in [0.25, 0.3) is 0 Å². The molecule has 0 aliphatic carbocycles. The van der Waals surface area contributed by atoms with Gasteiger partial charge in [-0.05, 0) is 24.7 Å². The molecule has 0 aromatic heterocycles. The zero-order valence-electron chi connectivity index (χ0n) is 9.91. The number of carboxylic acids is 2. The Morgan fingerprint density at radius 2 is 1.13 bits per heavy atom. The Kier molecular flexibility index (Phi) is 15.8. The van der Waals surface area contributed by atoms with Gasteiger partial charge in [-0.15, -0.1) is 0 Å². The van der Waals surface area contributed by atoms with Crippen molar-refractivity contribution in [1.29, 1.82) is 0 Å². The molecule has 0 rings (SSSR count). The normalized spacial score (nSPS) is 12.5. The largest absolute Gasteiger partial charge is 2.00 e. The monoisotopic (exact) mass is 226 g/mol. The molecule has 0 heterocycles. The van der Waals surface area contributed by atoms with Gasteiger partial charge in [-0.2, -0.15) is 0 Å². The van der Waals surface area contributed by atoms with Crippen LogP contribution >= 0.6 is 0 Å². The second-order valence-electron chi connectivity index (χ2n) is 3.26. The van der Waals surface area contributed by atoms with Crippen molar-refractivity contribution in [3.8, 4) is 0 Å². The van der Waals surface area contributed by atoms with E-state index in [0.717, 1.165) is 0 Å². The molecule has 0 N–H and O–H groups in total. The summed E-state index contributed by atoms with van der Waals surface area (Å²) in [7, 11) is 0. The van der Waals surface area contributed by atoms with E-state index in [-0.39, 0.29) is 34.9 Å². The van der Waals surface area contributed by atoms with Gasteiger partial charge < -0.3 is 19.8 Å². The van der Waals surface area contributed by atoms with Gasteiger partial charge in [0.2, 0.25) is 0 Å². The van der Waals surface area contributed by atoms with E-state index in [9.17, 15) is 19.8 Å². The average Bonchev–Trinajstić information content (AvgIpc) is 2.15. The predicted molar refractivity (Wildman–Crippen MR) is 54.7 cm³/mol. The van der Waals surface area contributed by atoms with E-state index in [2.05, 4.69) is 0 Å². The van der Waals surface area contributed by atoms with Crippen molar-refractivity contribution in [2.45, 2.75) is 40.5 Å². The van der Waals surface area contributed by atoms with Gasteiger partial charge in [0.15, 0.2) is 0 Å². The molecule has 4 nitrogen and oxygen atoms in total. The first kappa shape index (κ1) is 20.2. The third kappa shape index (κ3) is 13.7. The van der Waals surface area contributed by atoms with Gasteiger partial charge in [0.25, 0.3) is 0 Å². The van der Waals surface area contributed by atoms with Gasteiger partial charge in [0.1, 0.15) is 0 Å². The molecule has 2 unspecified atom stereocenters. The van der Waals surface area contributed by atoms with E-state index in [1.807, 2.05) is 13.8 Å². The Morgan fingerprint density at radius 1 is 0.933 bits per heavy atom. The Hall–Kier alpha value is -0.294. The Morgan fingerprint density at radius 3 is 1.13 bits per heavy atom. The molecule has 84 valence electrons. The number of carbonyl (C=O) groups is 2. The standard InChI is InChI=1S/2C5H10O2.Mg/c2*1-3-4(2)5(6)7;/h2*4H,3H2,1-2H3,(H,6,7);/q;;+2/p-2. The van der Waals surface area contributed by atoms with Gasteiger partial charge in [-0.1, -0.05) is 27.7 Å².